The van der Waals surface area contributed by atoms with Crippen LogP contribution in [0, 0.1) is 0 Å². The molecule has 0 atom stereocenters. The quantitative estimate of drug-likeness (QED) is 0.423. The summed E-state index contributed by atoms with van der Waals surface area (Å²) < 4.78 is 7.77. The average molecular weight is 370 g/mol. The molecule has 0 radical (unpaired) electrons. The molecule has 0 amide bonds. The maximum Gasteiger partial charge on any atom is 0.342 e. The molecule has 2 aromatic heterocycles. The standard InChI is InChI=1S/C23H22N4O/c1-17(2)19-12-10-18(11-13-19)16-27-14-6-9-21(27)15-24-23-26-25-22(28-23)20-7-4-3-5-8-20/h3-15,17H,16H2,1-2H3/b24-15+. The van der Waals surface area contributed by atoms with Gasteiger partial charge in [0.05, 0.1) is 11.9 Å². The van der Waals surface area contributed by atoms with Crippen LogP contribution in [0.5, 0.6) is 0 Å². The zero-order chi connectivity index (χ0) is 19.3. The second-order valence-electron chi connectivity index (χ2n) is 6.97. The Balaban J connectivity index is 1.48. The molecule has 0 spiro atoms. The first-order valence-corrected chi connectivity index (χ1v) is 9.36. The van der Waals surface area contributed by atoms with E-state index >= 15 is 0 Å². The van der Waals surface area contributed by atoms with Crippen molar-refractivity contribution in [1.29, 1.82) is 0 Å². The van der Waals surface area contributed by atoms with Crippen LogP contribution < -0.4 is 0 Å². The van der Waals surface area contributed by atoms with Crippen LogP contribution in [0.15, 0.2) is 82.3 Å². The Hall–Kier alpha value is -3.47. The third-order valence-corrected chi connectivity index (χ3v) is 4.61. The van der Waals surface area contributed by atoms with Crippen molar-refractivity contribution < 1.29 is 4.42 Å². The van der Waals surface area contributed by atoms with Gasteiger partial charge in [0, 0.05) is 18.3 Å². The van der Waals surface area contributed by atoms with Gasteiger partial charge >= 0.3 is 6.01 Å². The van der Waals surface area contributed by atoms with E-state index in [1.807, 2.05) is 48.7 Å². The van der Waals surface area contributed by atoms with Gasteiger partial charge < -0.3 is 8.98 Å². The summed E-state index contributed by atoms with van der Waals surface area (Å²) >= 11 is 0. The van der Waals surface area contributed by atoms with Crippen LogP contribution in [0.4, 0.5) is 6.01 Å². The van der Waals surface area contributed by atoms with Gasteiger partial charge in [-0.15, -0.1) is 5.10 Å². The van der Waals surface area contributed by atoms with E-state index in [9.17, 15) is 0 Å². The number of hydrogen-bond acceptors (Lipinski definition) is 4. The molecule has 2 aromatic carbocycles. The van der Waals surface area contributed by atoms with Gasteiger partial charge in [0.2, 0.25) is 5.89 Å². The minimum Gasteiger partial charge on any atom is -0.402 e. The third kappa shape index (κ3) is 4.09. The number of rotatable bonds is 6. The molecule has 28 heavy (non-hydrogen) atoms. The molecule has 0 N–H and O–H groups in total. The second kappa shape index (κ2) is 8.05. The number of benzene rings is 2. The number of aliphatic imine (C=N–C) groups is 1. The molecule has 4 aromatic rings. The van der Waals surface area contributed by atoms with E-state index in [-0.39, 0.29) is 6.01 Å². The first-order valence-electron chi connectivity index (χ1n) is 9.36. The Morgan fingerprint density at radius 1 is 0.964 bits per heavy atom. The van der Waals surface area contributed by atoms with Crippen LogP contribution >= 0.6 is 0 Å². The fraction of sp³-hybridized carbons (Fsp3) is 0.174. The summed E-state index contributed by atoms with van der Waals surface area (Å²) in [6.45, 7) is 5.19. The lowest BCUT2D eigenvalue weighted by atomic mass is 10.0. The van der Waals surface area contributed by atoms with Crippen molar-refractivity contribution in [2.24, 2.45) is 4.99 Å². The van der Waals surface area contributed by atoms with E-state index in [0.717, 1.165) is 17.8 Å². The van der Waals surface area contributed by atoms with Crippen LogP contribution in [-0.2, 0) is 6.54 Å². The van der Waals surface area contributed by atoms with Crippen molar-refractivity contribution in [2.45, 2.75) is 26.3 Å². The van der Waals surface area contributed by atoms with Gasteiger partial charge in [0.25, 0.3) is 0 Å². The summed E-state index contributed by atoms with van der Waals surface area (Å²) in [7, 11) is 0. The Labute approximate surface area is 164 Å². The van der Waals surface area contributed by atoms with Crippen LogP contribution in [-0.4, -0.2) is 21.0 Å². The maximum absolute atomic E-state index is 5.63. The van der Waals surface area contributed by atoms with Gasteiger partial charge in [-0.1, -0.05) is 61.4 Å². The summed E-state index contributed by atoms with van der Waals surface area (Å²) in [5.74, 6) is 1.01. The van der Waals surface area contributed by atoms with Crippen LogP contribution in [0.2, 0.25) is 0 Å². The fourth-order valence-electron chi connectivity index (χ4n) is 2.98. The minimum atomic E-state index is 0.243. The van der Waals surface area contributed by atoms with Gasteiger partial charge in [-0.3, -0.25) is 0 Å². The average Bonchev–Trinajstić information content (AvgIpc) is 3.37. The molecule has 0 fully saturated rings. The van der Waals surface area contributed by atoms with E-state index < -0.39 is 0 Å². The van der Waals surface area contributed by atoms with E-state index in [0.29, 0.717) is 11.8 Å². The van der Waals surface area contributed by atoms with Gasteiger partial charge in [-0.25, -0.2) is 0 Å². The van der Waals surface area contributed by atoms with Gasteiger partial charge in [-0.2, -0.15) is 4.99 Å². The van der Waals surface area contributed by atoms with Gasteiger partial charge in [-0.05, 0) is 41.3 Å². The van der Waals surface area contributed by atoms with Crippen molar-refractivity contribution in [1.82, 2.24) is 14.8 Å². The predicted octanol–water partition coefficient (Wildman–Crippen LogP) is 5.46. The number of hydrogen-bond donors (Lipinski definition) is 0. The van der Waals surface area contributed by atoms with Crippen LogP contribution in [0.25, 0.3) is 11.5 Å². The zero-order valence-corrected chi connectivity index (χ0v) is 16.0. The van der Waals surface area contributed by atoms with Crippen molar-refractivity contribution in [2.75, 3.05) is 0 Å². The summed E-state index contributed by atoms with van der Waals surface area (Å²) in [4.78, 5) is 4.35. The molecule has 0 aliphatic rings. The van der Waals surface area contributed by atoms with Crippen molar-refractivity contribution in [3.63, 3.8) is 0 Å². The second-order valence-corrected chi connectivity index (χ2v) is 6.97. The first kappa shape index (κ1) is 17.9. The molecule has 0 aliphatic heterocycles. The van der Waals surface area contributed by atoms with E-state index in [4.69, 9.17) is 4.42 Å². The lowest BCUT2D eigenvalue weighted by molar-refractivity contribution is 0.580. The van der Waals surface area contributed by atoms with Crippen LogP contribution in [0.1, 0.15) is 36.6 Å². The fourth-order valence-corrected chi connectivity index (χ4v) is 2.98. The molecular weight excluding hydrogens is 348 g/mol. The largest absolute Gasteiger partial charge is 0.402 e. The number of nitrogens with zero attached hydrogens (tertiary/aromatic N) is 4. The topological polar surface area (TPSA) is 56.2 Å². The molecule has 0 aliphatic carbocycles. The molecular formula is C23H22N4O. The van der Waals surface area contributed by atoms with E-state index in [1.54, 1.807) is 6.21 Å². The summed E-state index contributed by atoms with van der Waals surface area (Å²) in [6, 6.07) is 22.7. The third-order valence-electron chi connectivity index (χ3n) is 4.61. The Kier molecular flexibility index (Phi) is 5.15. The molecule has 140 valence electrons. The van der Waals surface area contributed by atoms with Crippen molar-refractivity contribution in [3.05, 3.63) is 89.7 Å². The molecule has 5 nitrogen and oxygen atoms in total. The Bertz CT molecular complexity index is 1060. The highest BCUT2D eigenvalue weighted by molar-refractivity contribution is 5.79. The highest BCUT2D eigenvalue weighted by atomic mass is 16.4. The Morgan fingerprint density at radius 2 is 1.75 bits per heavy atom. The highest BCUT2D eigenvalue weighted by Crippen LogP contribution is 2.21. The molecule has 0 saturated heterocycles. The summed E-state index contributed by atoms with van der Waals surface area (Å²) in [5, 5.41) is 8.07. The highest BCUT2D eigenvalue weighted by Gasteiger charge is 2.07. The summed E-state index contributed by atoms with van der Waals surface area (Å²) in [5.41, 5.74) is 4.46. The lowest BCUT2D eigenvalue weighted by Gasteiger charge is -2.09. The SMILES string of the molecule is CC(C)c1ccc(Cn2cccc2/C=N/c2nnc(-c3ccccc3)o2)cc1. The van der Waals surface area contributed by atoms with Crippen molar-refractivity contribution in [3.8, 4) is 11.5 Å². The normalized spacial score (nSPS) is 11.5. The molecule has 5 heteroatoms. The molecule has 0 bridgehead atoms. The van der Waals surface area contributed by atoms with Gasteiger partial charge in [0.1, 0.15) is 0 Å². The molecule has 4 rings (SSSR count). The smallest absolute Gasteiger partial charge is 0.342 e. The number of aromatic nitrogens is 3. The maximum atomic E-state index is 5.63. The molecule has 0 saturated carbocycles. The lowest BCUT2D eigenvalue weighted by Crippen LogP contribution is -2.02. The minimum absolute atomic E-state index is 0.243. The Morgan fingerprint density at radius 3 is 2.50 bits per heavy atom. The van der Waals surface area contributed by atoms with Crippen LogP contribution in [0.3, 0.4) is 0 Å². The van der Waals surface area contributed by atoms with Gasteiger partial charge in [0.15, 0.2) is 0 Å². The first-order chi connectivity index (χ1) is 13.7. The van der Waals surface area contributed by atoms with E-state index in [2.05, 4.69) is 57.9 Å². The summed E-state index contributed by atoms with van der Waals surface area (Å²) in [6.07, 6.45) is 3.80. The molecule has 0 unspecified atom stereocenters. The zero-order valence-electron chi connectivity index (χ0n) is 16.0. The monoisotopic (exact) mass is 370 g/mol. The van der Waals surface area contributed by atoms with E-state index in [1.165, 1.54) is 11.1 Å². The molecule has 2 heterocycles. The van der Waals surface area contributed by atoms with Crippen molar-refractivity contribution >= 4 is 12.2 Å². The predicted molar refractivity (Wildman–Crippen MR) is 111 cm³/mol.